The van der Waals surface area contributed by atoms with Crippen LogP contribution in [0.15, 0.2) is 35.3 Å². The van der Waals surface area contributed by atoms with E-state index in [1.165, 1.54) is 32.4 Å². The van der Waals surface area contributed by atoms with Gasteiger partial charge in [-0.3, -0.25) is 9.89 Å². The molecule has 1 saturated heterocycles. The van der Waals surface area contributed by atoms with Crippen molar-refractivity contribution in [2.24, 2.45) is 10.9 Å². The molecule has 27 heavy (non-hydrogen) atoms. The second kappa shape index (κ2) is 13.3. The normalized spacial score (nSPS) is 17.4. The van der Waals surface area contributed by atoms with Gasteiger partial charge in [-0.15, -0.1) is 24.0 Å². The Balaban J connectivity index is 0.00000364. The van der Waals surface area contributed by atoms with Crippen molar-refractivity contribution in [3.05, 3.63) is 35.9 Å². The third-order valence-electron chi connectivity index (χ3n) is 5.14. The van der Waals surface area contributed by atoms with Crippen LogP contribution in [-0.4, -0.2) is 61.8 Å². The second-order valence-corrected chi connectivity index (χ2v) is 7.65. The number of likely N-dealkylation sites (tertiary alicyclic amines) is 1. The average Bonchev–Trinajstić information content (AvgIpc) is 3.18. The van der Waals surface area contributed by atoms with Gasteiger partial charge in [0.15, 0.2) is 5.96 Å². The molecule has 5 nitrogen and oxygen atoms in total. The van der Waals surface area contributed by atoms with Crippen molar-refractivity contribution in [1.29, 1.82) is 0 Å². The predicted octanol–water partition coefficient (Wildman–Crippen LogP) is 3.06. The van der Waals surface area contributed by atoms with Crippen LogP contribution in [0.3, 0.4) is 0 Å². The highest BCUT2D eigenvalue weighted by Gasteiger charge is 2.23. The van der Waals surface area contributed by atoms with E-state index in [0.29, 0.717) is 18.5 Å². The first-order valence-corrected chi connectivity index (χ1v) is 9.98. The Kier molecular flexibility index (Phi) is 11.9. The minimum Gasteiger partial charge on any atom is -0.396 e. The molecule has 1 heterocycles. The fourth-order valence-electron chi connectivity index (χ4n) is 3.68. The zero-order chi connectivity index (χ0) is 18.8. The third kappa shape index (κ3) is 8.35. The number of aliphatic imine (C=N–C) groups is 1. The van der Waals surface area contributed by atoms with Gasteiger partial charge in [0.1, 0.15) is 0 Å². The highest BCUT2D eigenvalue weighted by molar-refractivity contribution is 14.0. The van der Waals surface area contributed by atoms with E-state index in [0.717, 1.165) is 18.1 Å². The number of aliphatic hydroxyl groups excluding tert-OH is 1. The van der Waals surface area contributed by atoms with Gasteiger partial charge in [0.2, 0.25) is 0 Å². The minimum absolute atomic E-state index is 0. The van der Waals surface area contributed by atoms with Crippen LogP contribution in [0.5, 0.6) is 0 Å². The average molecular weight is 488 g/mol. The zero-order valence-corrected chi connectivity index (χ0v) is 19.4. The number of hydrogen-bond donors (Lipinski definition) is 3. The summed E-state index contributed by atoms with van der Waals surface area (Å²) >= 11 is 0. The summed E-state index contributed by atoms with van der Waals surface area (Å²) in [6, 6.07) is 10.7. The Hall–Kier alpha value is -0.860. The van der Waals surface area contributed by atoms with Crippen LogP contribution in [0.2, 0.25) is 0 Å². The first-order chi connectivity index (χ1) is 12.6. The summed E-state index contributed by atoms with van der Waals surface area (Å²) in [6.45, 7) is 8.71. The quantitative estimate of drug-likeness (QED) is 0.284. The molecule has 0 aliphatic carbocycles. The third-order valence-corrected chi connectivity index (χ3v) is 5.14. The molecule has 2 atom stereocenters. The highest BCUT2D eigenvalue weighted by Crippen LogP contribution is 2.17. The summed E-state index contributed by atoms with van der Waals surface area (Å²) in [6.07, 6.45) is 3.83. The molecule has 0 radical (unpaired) electrons. The van der Waals surface area contributed by atoms with Crippen LogP contribution in [0, 0.1) is 5.92 Å². The van der Waals surface area contributed by atoms with Crippen LogP contribution in [0.1, 0.15) is 44.6 Å². The van der Waals surface area contributed by atoms with Crippen molar-refractivity contribution in [2.75, 3.05) is 39.8 Å². The molecular weight excluding hydrogens is 451 g/mol. The predicted molar refractivity (Wildman–Crippen MR) is 125 cm³/mol. The first-order valence-electron chi connectivity index (χ1n) is 9.98. The Labute approximate surface area is 182 Å². The number of benzene rings is 1. The molecule has 0 aromatic heterocycles. The number of hydrogen-bond acceptors (Lipinski definition) is 3. The number of guanidine groups is 1. The van der Waals surface area contributed by atoms with Gasteiger partial charge in [0, 0.05) is 32.1 Å². The highest BCUT2D eigenvalue weighted by atomic mass is 127. The Morgan fingerprint density at radius 3 is 2.30 bits per heavy atom. The monoisotopic (exact) mass is 488 g/mol. The van der Waals surface area contributed by atoms with E-state index in [2.05, 4.69) is 46.5 Å². The standard InChI is InChI=1S/C21H36N4O.HI/c1-17(2)13-20(25-11-7-8-12-25)15-24-21(22-3)23-14-19(16-26)18-9-5-4-6-10-18;/h4-6,9-10,17,19-20,26H,7-8,11-16H2,1-3H3,(H2,22,23,24);1H. The lowest BCUT2D eigenvalue weighted by atomic mass is 10.0. The van der Waals surface area contributed by atoms with Crippen molar-refractivity contribution in [3.63, 3.8) is 0 Å². The number of aliphatic hydroxyl groups is 1. The zero-order valence-electron chi connectivity index (χ0n) is 17.0. The fourth-order valence-corrected chi connectivity index (χ4v) is 3.68. The summed E-state index contributed by atoms with van der Waals surface area (Å²) in [5, 5.41) is 16.6. The van der Waals surface area contributed by atoms with E-state index in [4.69, 9.17) is 0 Å². The van der Waals surface area contributed by atoms with Crippen LogP contribution >= 0.6 is 24.0 Å². The molecule has 1 aromatic rings. The molecule has 154 valence electrons. The molecule has 6 heteroatoms. The van der Waals surface area contributed by atoms with Gasteiger partial charge < -0.3 is 15.7 Å². The molecule has 0 spiro atoms. The Morgan fingerprint density at radius 1 is 1.11 bits per heavy atom. The lowest BCUT2D eigenvalue weighted by Gasteiger charge is -2.30. The molecule has 1 aliphatic heterocycles. The number of rotatable bonds is 9. The molecule has 0 saturated carbocycles. The van der Waals surface area contributed by atoms with Gasteiger partial charge in [0.25, 0.3) is 0 Å². The molecule has 1 aromatic carbocycles. The molecule has 0 amide bonds. The van der Waals surface area contributed by atoms with Crippen LogP contribution in [-0.2, 0) is 0 Å². The van der Waals surface area contributed by atoms with Gasteiger partial charge in [-0.05, 0) is 43.8 Å². The van der Waals surface area contributed by atoms with E-state index in [9.17, 15) is 5.11 Å². The van der Waals surface area contributed by atoms with Crippen molar-refractivity contribution in [3.8, 4) is 0 Å². The summed E-state index contributed by atoms with van der Waals surface area (Å²) in [5.41, 5.74) is 1.15. The molecule has 1 fully saturated rings. The van der Waals surface area contributed by atoms with Gasteiger partial charge in [0.05, 0.1) is 6.61 Å². The van der Waals surface area contributed by atoms with Crippen LogP contribution in [0.25, 0.3) is 0 Å². The summed E-state index contributed by atoms with van der Waals surface area (Å²) < 4.78 is 0. The van der Waals surface area contributed by atoms with E-state index >= 15 is 0 Å². The summed E-state index contributed by atoms with van der Waals surface area (Å²) in [5.74, 6) is 1.57. The molecular formula is C21H37IN4O. The van der Waals surface area contributed by atoms with Gasteiger partial charge in [-0.2, -0.15) is 0 Å². The lowest BCUT2D eigenvalue weighted by Crippen LogP contribution is -2.47. The Morgan fingerprint density at radius 2 is 1.74 bits per heavy atom. The minimum atomic E-state index is 0. The van der Waals surface area contributed by atoms with Crippen molar-refractivity contribution < 1.29 is 5.11 Å². The molecule has 0 bridgehead atoms. The SMILES string of the molecule is CN=C(NCC(CO)c1ccccc1)NCC(CC(C)C)N1CCCC1.I. The molecule has 2 rings (SSSR count). The first kappa shape index (κ1) is 24.2. The topological polar surface area (TPSA) is 59.9 Å². The number of nitrogens with zero attached hydrogens (tertiary/aromatic N) is 2. The van der Waals surface area contributed by atoms with E-state index in [1.54, 1.807) is 7.05 Å². The van der Waals surface area contributed by atoms with Crippen LogP contribution in [0.4, 0.5) is 0 Å². The van der Waals surface area contributed by atoms with Crippen molar-refractivity contribution in [1.82, 2.24) is 15.5 Å². The molecule has 2 unspecified atom stereocenters. The Bertz CT molecular complexity index is 532. The molecule has 3 N–H and O–H groups in total. The lowest BCUT2D eigenvalue weighted by molar-refractivity contribution is 0.212. The number of halogens is 1. The second-order valence-electron chi connectivity index (χ2n) is 7.65. The largest absolute Gasteiger partial charge is 0.396 e. The summed E-state index contributed by atoms with van der Waals surface area (Å²) in [7, 11) is 1.80. The van der Waals surface area contributed by atoms with Crippen molar-refractivity contribution >= 4 is 29.9 Å². The maximum Gasteiger partial charge on any atom is 0.191 e. The maximum absolute atomic E-state index is 9.72. The molecule has 1 aliphatic rings. The fraction of sp³-hybridized carbons (Fsp3) is 0.667. The van der Waals surface area contributed by atoms with Crippen molar-refractivity contribution in [2.45, 2.75) is 45.1 Å². The van der Waals surface area contributed by atoms with Crippen LogP contribution < -0.4 is 10.6 Å². The van der Waals surface area contributed by atoms with E-state index < -0.39 is 0 Å². The van der Waals surface area contributed by atoms with E-state index in [-0.39, 0.29) is 36.5 Å². The van der Waals surface area contributed by atoms with Gasteiger partial charge in [-0.1, -0.05) is 44.2 Å². The van der Waals surface area contributed by atoms with E-state index in [1.807, 2.05) is 18.2 Å². The maximum atomic E-state index is 9.72. The summed E-state index contributed by atoms with van der Waals surface area (Å²) in [4.78, 5) is 6.97. The number of nitrogens with one attached hydrogen (secondary N) is 2. The van der Waals surface area contributed by atoms with Gasteiger partial charge >= 0.3 is 0 Å². The smallest absolute Gasteiger partial charge is 0.191 e. The van der Waals surface area contributed by atoms with Gasteiger partial charge in [-0.25, -0.2) is 0 Å².